The molecule has 0 bridgehead atoms. The molecule has 0 saturated heterocycles. The molecule has 1 N–H and O–H groups in total. The SMILES string of the molecule is CNCCc1noc(C(C)Oc2cccc(Cl)c2)n1. The number of nitrogens with one attached hydrogen (secondary N) is 1. The lowest BCUT2D eigenvalue weighted by atomic mass is 10.3. The summed E-state index contributed by atoms with van der Waals surface area (Å²) >= 11 is 5.90. The quantitative estimate of drug-likeness (QED) is 0.882. The van der Waals surface area contributed by atoms with Gasteiger partial charge in [0.15, 0.2) is 11.9 Å². The van der Waals surface area contributed by atoms with E-state index < -0.39 is 0 Å². The monoisotopic (exact) mass is 281 g/mol. The summed E-state index contributed by atoms with van der Waals surface area (Å²) in [6.07, 6.45) is 0.415. The highest BCUT2D eigenvalue weighted by Crippen LogP contribution is 2.23. The Hall–Kier alpha value is -1.59. The molecule has 2 rings (SSSR count). The van der Waals surface area contributed by atoms with Gasteiger partial charge < -0.3 is 14.6 Å². The summed E-state index contributed by atoms with van der Waals surface area (Å²) in [6, 6.07) is 7.20. The van der Waals surface area contributed by atoms with Crippen molar-refractivity contribution >= 4 is 11.6 Å². The van der Waals surface area contributed by atoms with E-state index in [2.05, 4.69) is 15.5 Å². The minimum Gasteiger partial charge on any atom is -0.481 e. The first-order chi connectivity index (χ1) is 9.19. The standard InChI is InChI=1S/C13H16ClN3O2/c1-9(18-11-5-3-4-10(14)8-11)13-16-12(17-19-13)6-7-15-2/h3-5,8-9,15H,6-7H2,1-2H3. The summed E-state index contributed by atoms with van der Waals surface area (Å²) in [5.74, 6) is 1.81. The van der Waals surface area contributed by atoms with Crippen LogP contribution in [0.4, 0.5) is 0 Å². The number of likely N-dealkylation sites (N-methyl/N-ethyl adjacent to an activating group) is 1. The zero-order valence-corrected chi connectivity index (χ0v) is 11.6. The third-order valence-corrected chi connectivity index (χ3v) is 2.77. The lowest BCUT2D eigenvalue weighted by molar-refractivity contribution is 0.175. The predicted molar refractivity (Wildman–Crippen MR) is 72.4 cm³/mol. The van der Waals surface area contributed by atoms with Crippen LogP contribution in [0.3, 0.4) is 0 Å². The van der Waals surface area contributed by atoms with Crippen LogP contribution in [0.5, 0.6) is 5.75 Å². The summed E-state index contributed by atoms with van der Waals surface area (Å²) in [4.78, 5) is 4.29. The minimum absolute atomic E-state index is 0.311. The number of hydrogen-bond donors (Lipinski definition) is 1. The lowest BCUT2D eigenvalue weighted by Crippen LogP contribution is -2.11. The first-order valence-corrected chi connectivity index (χ1v) is 6.46. The molecule has 2 aromatic rings. The Balaban J connectivity index is 1.99. The molecule has 6 heteroatoms. The van der Waals surface area contributed by atoms with Gasteiger partial charge in [-0.15, -0.1) is 0 Å². The molecular weight excluding hydrogens is 266 g/mol. The molecule has 19 heavy (non-hydrogen) atoms. The molecule has 0 aliphatic carbocycles. The van der Waals surface area contributed by atoms with E-state index in [4.69, 9.17) is 20.9 Å². The van der Waals surface area contributed by atoms with Gasteiger partial charge in [-0.05, 0) is 32.2 Å². The molecule has 0 radical (unpaired) electrons. The summed E-state index contributed by atoms with van der Waals surface area (Å²) in [5.41, 5.74) is 0. The van der Waals surface area contributed by atoms with E-state index in [0.29, 0.717) is 22.5 Å². The van der Waals surface area contributed by atoms with Gasteiger partial charge in [-0.2, -0.15) is 4.98 Å². The highest BCUT2D eigenvalue weighted by molar-refractivity contribution is 6.30. The molecule has 5 nitrogen and oxygen atoms in total. The van der Waals surface area contributed by atoms with Crippen molar-refractivity contribution in [1.29, 1.82) is 0 Å². The normalized spacial score (nSPS) is 12.4. The van der Waals surface area contributed by atoms with E-state index in [1.54, 1.807) is 12.1 Å². The fourth-order valence-electron chi connectivity index (χ4n) is 1.57. The van der Waals surface area contributed by atoms with Crippen molar-refractivity contribution in [2.45, 2.75) is 19.4 Å². The fourth-order valence-corrected chi connectivity index (χ4v) is 1.75. The number of nitrogens with zero attached hydrogens (tertiary/aromatic N) is 2. The number of ether oxygens (including phenoxy) is 1. The van der Waals surface area contributed by atoms with Crippen LogP contribution in [0, 0.1) is 0 Å². The molecule has 1 aromatic carbocycles. The van der Waals surface area contributed by atoms with Gasteiger partial charge >= 0.3 is 0 Å². The molecule has 102 valence electrons. The maximum Gasteiger partial charge on any atom is 0.267 e. The van der Waals surface area contributed by atoms with Crippen LogP contribution in [0.1, 0.15) is 24.7 Å². The van der Waals surface area contributed by atoms with Gasteiger partial charge in [0.2, 0.25) is 0 Å². The third-order valence-electron chi connectivity index (χ3n) is 2.54. The second-order valence-corrected chi connectivity index (χ2v) is 4.56. The lowest BCUT2D eigenvalue weighted by Gasteiger charge is -2.10. The van der Waals surface area contributed by atoms with Crippen molar-refractivity contribution in [3.8, 4) is 5.75 Å². The predicted octanol–water partition coefficient (Wildman–Crippen LogP) is 2.62. The number of benzene rings is 1. The molecule has 0 spiro atoms. The summed E-state index contributed by atoms with van der Waals surface area (Å²) in [6.45, 7) is 2.67. The van der Waals surface area contributed by atoms with Crippen LogP contribution >= 0.6 is 11.6 Å². The number of rotatable bonds is 6. The summed E-state index contributed by atoms with van der Waals surface area (Å²) < 4.78 is 10.9. The molecule has 0 fully saturated rings. The topological polar surface area (TPSA) is 60.2 Å². The number of hydrogen-bond acceptors (Lipinski definition) is 5. The zero-order chi connectivity index (χ0) is 13.7. The van der Waals surface area contributed by atoms with E-state index in [1.165, 1.54) is 0 Å². The van der Waals surface area contributed by atoms with E-state index in [9.17, 15) is 0 Å². The van der Waals surface area contributed by atoms with Crippen molar-refractivity contribution in [1.82, 2.24) is 15.5 Å². The van der Waals surface area contributed by atoms with Gasteiger partial charge in [-0.1, -0.05) is 22.8 Å². The van der Waals surface area contributed by atoms with Crippen LogP contribution in [0.25, 0.3) is 0 Å². The number of halogens is 1. The minimum atomic E-state index is -0.311. The molecule has 1 unspecified atom stereocenters. The Morgan fingerprint density at radius 3 is 3.05 bits per heavy atom. The Kier molecular flexibility index (Phi) is 4.76. The Morgan fingerprint density at radius 2 is 2.32 bits per heavy atom. The molecule has 1 atom stereocenters. The van der Waals surface area contributed by atoms with Crippen molar-refractivity contribution < 1.29 is 9.26 Å². The van der Waals surface area contributed by atoms with Gasteiger partial charge in [0.1, 0.15) is 5.75 Å². The van der Waals surface area contributed by atoms with Gasteiger partial charge in [-0.3, -0.25) is 0 Å². The second kappa shape index (κ2) is 6.54. The van der Waals surface area contributed by atoms with Crippen molar-refractivity contribution in [2.75, 3.05) is 13.6 Å². The van der Waals surface area contributed by atoms with Crippen molar-refractivity contribution in [3.63, 3.8) is 0 Å². The van der Waals surface area contributed by atoms with Crippen molar-refractivity contribution in [2.24, 2.45) is 0 Å². The molecule has 1 heterocycles. The largest absolute Gasteiger partial charge is 0.481 e. The van der Waals surface area contributed by atoms with Crippen LogP contribution in [0.15, 0.2) is 28.8 Å². The first kappa shape index (κ1) is 13.8. The Morgan fingerprint density at radius 1 is 1.47 bits per heavy atom. The summed E-state index contributed by atoms with van der Waals surface area (Å²) in [5, 5.41) is 7.56. The molecule has 0 aliphatic rings. The van der Waals surface area contributed by atoms with Crippen LogP contribution in [-0.4, -0.2) is 23.7 Å². The summed E-state index contributed by atoms with van der Waals surface area (Å²) in [7, 11) is 1.88. The highest BCUT2D eigenvalue weighted by atomic mass is 35.5. The van der Waals surface area contributed by atoms with Crippen LogP contribution < -0.4 is 10.1 Å². The molecule has 0 aliphatic heterocycles. The average Bonchev–Trinajstić information content (AvgIpc) is 2.85. The maximum absolute atomic E-state index is 5.90. The van der Waals surface area contributed by atoms with Gasteiger partial charge in [-0.25, -0.2) is 0 Å². The highest BCUT2D eigenvalue weighted by Gasteiger charge is 2.15. The Labute approximate surface area is 116 Å². The second-order valence-electron chi connectivity index (χ2n) is 4.12. The van der Waals surface area contributed by atoms with E-state index in [-0.39, 0.29) is 6.10 Å². The van der Waals surface area contributed by atoms with Gasteiger partial charge in [0, 0.05) is 18.0 Å². The van der Waals surface area contributed by atoms with Crippen LogP contribution in [0.2, 0.25) is 5.02 Å². The van der Waals surface area contributed by atoms with Crippen LogP contribution in [-0.2, 0) is 6.42 Å². The molecule has 1 aromatic heterocycles. The third kappa shape index (κ3) is 3.94. The molecule has 0 saturated carbocycles. The van der Waals surface area contributed by atoms with Gasteiger partial charge in [0.25, 0.3) is 5.89 Å². The average molecular weight is 282 g/mol. The maximum atomic E-state index is 5.90. The van der Waals surface area contributed by atoms with Gasteiger partial charge in [0.05, 0.1) is 0 Å². The smallest absolute Gasteiger partial charge is 0.267 e. The number of aromatic nitrogens is 2. The van der Waals surface area contributed by atoms with E-state index >= 15 is 0 Å². The first-order valence-electron chi connectivity index (χ1n) is 6.08. The van der Waals surface area contributed by atoms with E-state index in [1.807, 2.05) is 26.1 Å². The van der Waals surface area contributed by atoms with E-state index in [0.717, 1.165) is 13.0 Å². The van der Waals surface area contributed by atoms with Crippen molar-refractivity contribution in [3.05, 3.63) is 41.0 Å². The Bertz CT molecular complexity index is 530. The molecule has 0 amide bonds. The molecular formula is C13H16ClN3O2. The zero-order valence-electron chi connectivity index (χ0n) is 10.9. The fraction of sp³-hybridized carbons (Fsp3) is 0.385.